The van der Waals surface area contributed by atoms with Gasteiger partial charge in [-0.2, -0.15) is 4.39 Å². The number of halogens is 1. The van der Waals surface area contributed by atoms with Gasteiger partial charge in [0.2, 0.25) is 5.95 Å². The molecule has 2 aromatic rings. The number of aromatic nitrogens is 1. The van der Waals surface area contributed by atoms with Gasteiger partial charge in [-0.3, -0.25) is 4.79 Å². The first-order valence-corrected chi connectivity index (χ1v) is 5.92. The molecule has 0 aliphatic rings. The number of rotatable bonds is 5. The first-order chi connectivity index (χ1) is 10.0. The summed E-state index contributed by atoms with van der Waals surface area (Å²) in [4.78, 5) is 25.7. The van der Waals surface area contributed by atoms with Crippen molar-refractivity contribution in [1.29, 1.82) is 0 Å². The fourth-order valence-corrected chi connectivity index (χ4v) is 1.52. The summed E-state index contributed by atoms with van der Waals surface area (Å²) >= 11 is 0. The van der Waals surface area contributed by atoms with Gasteiger partial charge in [0.25, 0.3) is 5.91 Å². The number of pyridine rings is 1. The fraction of sp³-hybridized carbons (Fsp3) is 0.0714. The summed E-state index contributed by atoms with van der Waals surface area (Å²) in [7, 11) is 0. The molecular formula is C14H11FN2O4. The Morgan fingerprint density at radius 1 is 1.29 bits per heavy atom. The lowest BCUT2D eigenvalue weighted by atomic mass is 10.2. The van der Waals surface area contributed by atoms with Crippen LogP contribution in [0.25, 0.3) is 0 Å². The van der Waals surface area contributed by atoms with Crippen molar-refractivity contribution in [2.24, 2.45) is 0 Å². The highest BCUT2D eigenvalue weighted by molar-refractivity contribution is 6.04. The Hall–Kier alpha value is -2.96. The number of nitrogens with zero attached hydrogens (tertiary/aromatic N) is 1. The molecule has 7 heteroatoms. The quantitative estimate of drug-likeness (QED) is 0.821. The molecule has 0 atom stereocenters. The lowest BCUT2D eigenvalue weighted by Gasteiger charge is -2.08. The molecule has 0 fully saturated rings. The Bertz CT molecular complexity index is 658. The van der Waals surface area contributed by atoms with Crippen LogP contribution in [0.2, 0.25) is 0 Å². The second-order valence-electron chi connectivity index (χ2n) is 4.03. The fourth-order valence-electron chi connectivity index (χ4n) is 1.52. The van der Waals surface area contributed by atoms with Crippen molar-refractivity contribution in [2.75, 3.05) is 11.9 Å². The van der Waals surface area contributed by atoms with Crippen LogP contribution in [0, 0.1) is 5.95 Å². The molecule has 2 N–H and O–H groups in total. The van der Waals surface area contributed by atoms with Crippen molar-refractivity contribution in [3.05, 3.63) is 54.1 Å². The highest BCUT2D eigenvalue weighted by atomic mass is 19.1. The highest BCUT2D eigenvalue weighted by Crippen LogP contribution is 2.18. The topological polar surface area (TPSA) is 88.5 Å². The Balaban J connectivity index is 2.05. The van der Waals surface area contributed by atoms with E-state index in [0.29, 0.717) is 11.4 Å². The van der Waals surface area contributed by atoms with Crippen LogP contribution < -0.4 is 10.1 Å². The van der Waals surface area contributed by atoms with Crippen molar-refractivity contribution >= 4 is 17.6 Å². The largest absolute Gasteiger partial charge is 0.482 e. The van der Waals surface area contributed by atoms with Gasteiger partial charge < -0.3 is 15.2 Å². The van der Waals surface area contributed by atoms with Gasteiger partial charge >= 0.3 is 5.97 Å². The van der Waals surface area contributed by atoms with Crippen LogP contribution in [-0.2, 0) is 4.79 Å². The van der Waals surface area contributed by atoms with E-state index in [1.54, 1.807) is 18.2 Å². The van der Waals surface area contributed by atoms with Crippen LogP contribution >= 0.6 is 0 Å². The van der Waals surface area contributed by atoms with Crippen LogP contribution in [0.4, 0.5) is 10.1 Å². The summed E-state index contributed by atoms with van der Waals surface area (Å²) in [6.07, 6.45) is 1.12. The molecule has 0 saturated heterocycles. The lowest BCUT2D eigenvalue weighted by molar-refractivity contribution is -0.139. The summed E-state index contributed by atoms with van der Waals surface area (Å²) in [5.41, 5.74) is 0.625. The highest BCUT2D eigenvalue weighted by Gasteiger charge is 2.08. The maximum Gasteiger partial charge on any atom is 0.341 e. The van der Waals surface area contributed by atoms with Gasteiger partial charge in [0.15, 0.2) is 6.61 Å². The summed E-state index contributed by atoms with van der Waals surface area (Å²) in [6.45, 7) is -0.473. The Kier molecular flexibility index (Phi) is 4.45. The van der Waals surface area contributed by atoms with E-state index in [9.17, 15) is 14.0 Å². The van der Waals surface area contributed by atoms with Gasteiger partial charge in [0.05, 0.1) is 5.56 Å². The average Bonchev–Trinajstić information content (AvgIpc) is 2.46. The van der Waals surface area contributed by atoms with Crippen molar-refractivity contribution < 1.29 is 23.8 Å². The zero-order chi connectivity index (χ0) is 15.2. The number of hydrogen-bond donors (Lipinski definition) is 2. The molecule has 0 bridgehead atoms. The summed E-state index contributed by atoms with van der Waals surface area (Å²) in [6, 6.07) is 8.66. The third-order valence-electron chi connectivity index (χ3n) is 2.44. The Morgan fingerprint density at radius 2 is 2.10 bits per heavy atom. The van der Waals surface area contributed by atoms with E-state index in [1.807, 2.05) is 0 Å². The van der Waals surface area contributed by atoms with E-state index in [0.717, 1.165) is 12.3 Å². The van der Waals surface area contributed by atoms with E-state index < -0.39 is 24.4 Å². The molecule has 108 valence electrons. The van der Waals surface area contributed by atoms with Crippen molar-refractivity contribution in [3.63, 3.8) is 0 Å². The second kappa shape index (κ2) is 6.47. The lowest BCUT2D eigenvalue weighted by Crippen LogP contribution is -2.13. The number of carbonyl (C=O) groups excluding carboxylic acids is 1. The predicted octanol–water partition coefficient (Wildman–Crippen LogP) is 1.94. The van der Waals surface area contributed by atoms with Crippen molar-refractivity contribution in [3.8, 4) is 5.75 Å². The van der Waals surface area contributed by atoms with E-state index in [4.69, 9.17) is 9.84 Å². The smallest absolute Gasteiger partial charge is 0.341 e. The van der Waals surface area contributed by atoms with Crippen LogP contribution in [-0.4, -0.2) is 28.6 Å². The standard InChI is InChI=1S/C14H11FN2O4/c15-12-5-4-9(7-16-12)14(20)17-10-2-1-3-11(6-10)21-8-13(18)19/h1-7H,8H2,(H,17,20)(H,18,19). The number of hydrogen-bond acceptors (Lipinski definition) is 4. The molecule has 2 rings (SSSR count). The first kappa shape index (κ1) is 14.4. The maximum absolute atomic E-state index is 12.7. The first-order valence-electron chi connectivity index (χ1n) is 5.92. The molecule has 1 aromatic carbocycles. The van der Waals surface area contributed by atoms with Crippen LogP contribution in [0.5, 0.6) is 5.75 Å². The molecule has 1 amide bonds. The monoisotopic (exact) mass is 290 g/mol. The van der Waals surface area contributed by atoms with E-state index in [2.05, 4.69) is 10.3 Å². The minimum atomic E-state index is -1.10. The number of aliphatic carboxylic acids is 1. The molecule has 0 aliphatic carbocycles. The van der Waals surface area contributed by atoms with E-state index in [1.165, 1.54) is 12.1 Å². The molecule has 0 saturated carbocycles. The van der Waals surface area contributed by atoms with Crippen molar-refractivity contribution in [2.45, 2.75) is 0 Å². The molecule has 21 heavy (non-hydrogen) atoms. The van der Waals surface area contributed by atoms with Crippen LogP contribution in [0.3, 0.4) is 0 Å². The third-order valence-corrected chi connectivity index (χ3v) is 2.44. The van der Waals surface area contributed by atoms with Crippen LogP contribution in [0.1, 0.15) is 10.4 Å². The zero-order valence-corrected chi connectivity index (χ0v) is 10.7. The molecule has 1 aromatic heterocycles. The Labute approximate surface area is 119 Å². The summed E-state index contributed by atoms with van der Waals surface area (Å²) < 4.78 is 17.7. The summed E-state index contributed by atoms with van der Waals surface area (Å²) in [5.74, 6) is -1.91. The number of carbonyl (C=O) groups is 2. The number of anilines is 1. The van der Waals surface area contributed by atoms with Gasteiger partial charge in [0, 0.05) is 18.0 Å². The van der Waals surface area contributed by atoms with E-state index >= 15 is 0 Å². The number of ether oxygens (including phenoxy) is 1. The van der Waals surface area contributed by atoms with Gasteiger partial charge in [0.1, 0.15) is 5.75 Å². The molecule has 6 nitrogen and oxygen atoms in total. The Morgan fingerprint density at radius 3 is 2.76 bits per heavy atom. The zero-order valence-electron chi connectivity index (χ0n) is 10.7. The number of carboxylic acid groups (broad SMARTS) is 1. The molecule has 0 radical (unpaired) electrons. The number of amides is 1. The molecule has 0 spiro atoms. The van der Waals surface area contributed by atoms with E-state index in [-0.39, 0.29) is 5.56 Å². The maximum atomic E-state index is 12.7. The number of carboxylic acids is 1. The van der Waals surface area contributed by atoms with Gasteiger partial charge in [-0.1, -0.05) is 6.07 Å². The number of benzene rings is 1. The predicted molar refractivity (Wildman–Crippen MR) is 71.7 cm³/mol. The van der Waals surface area contributed by atoms with Gasteiger partial charge in [-0.15, -0.1) is 0 Å². The van der Waals surface area contributed by atoms with Crippen molar-refractivity contribution in [1.82, 2.24) is 4.98 Å². The minimum absolute atomic E-state index is 0.202. The third kappa shape index (κ3) is 4.27. The van der Waals surface area contributed by atoms with Crippen LogP contribution in [0.15, 0.2) is 42.6 Å². The second-order valence-corrected chi connectivity index (χ2v) is 4.03. The molecular weight excluding hydrogens is 279 g/mol. The summed E-state index contributed by atoms with van der Waals surface area (Å²) in [5, 5.41) is 11.1. The SMILES string of the molecule is O=C(O)COc1cccc(NC(=O)c2ccc(F)nc2)c1. The number of nitrogens with one attached hydrogen (secondary N) is 1. The molecule has 1 heterocycles. The van der Waals surface area contributed by atoms with Gasteiger partial charge in [-0.25, -0.2) is 9.78 Å². The minimum Gasteiger partial charge on any atom is -0.482 e. The normalized spacial score (nSPS) is 9.95. The molecule has 0 aliphatic heterocycles. The average molecular weight is 290 g/mol. The molecule has 0 unspecified atom stereocenters. The van der Waals surface area contributed by atoms with Gasteiger partial charge in [-0.05, 0) is 24.3 Å².